The molecule has 1 saturated heterocycles. The Kier molecular flexibility index (Phi) is 5.33. The quantitative estimate of drug-likeness (QED) is 0.534. The summed E-state index contributed by atoms with van der Waals surface area (Å²) in [6.45, 7) is 1.06. The maximum Gasteiger partial charge on any atom is 0.352 e. The monoisotopic (exact) mass is 396 g/mol. The van der Waals surface area contributed by atoms with Gasteiger partial charge >= 0.3 is 11.9 Å². The fraction of sp³-hybridized carbons (Fsp3) is 0.375. The molecular weight excluding hydrogens is 380 g/mol. The molecular formula is C16H16N2O6S2. The van der Waals surface area contributed by atoms with Crippen molar-refractivity contribution in [3.63, 3.8) is 0 Å². The number of hydrogen-bond donors (Lipinski definition) is 2. The molecule has 1 aromatic rings. The van der Waals surface area contributed by atoms with Crippen LogP contribution in [0.4, 0.5) is 0 Å². The fourth-order valence-corrected chi connectivity index (χ4v) is 4.78. The molecule has 2 aliphatic rings. The zero-order chi connectivity index (χ0) is 18.8. The highest BCUT2D eigenvalue weighted by atomic mass is 32.2. The first-order valence-electron chi connectivity index (χ1n) is 7.72. The van der Waals surface area contributed by atoms with Gasteiger partial charge in [0, 0.05) is 18.2 Å². The van der Waals surface area contributed by atoms with Crippen LogP contribution in [0.15, 0.2) is 28.1 Å². The van der Waals surface area contributed by atoms with Crippen LogP contribution < -0.4 is 5.32 Å². The number of thiophene rings is 1. The average molecular weight is 396 g/mol. The van der Waals surface area contributed by atoms with Crippen molar-refractivity contribution < 1.29 is 29.0 Å². The van der Waals surface area contributed by atoms with Crippen molar-refractivity contribution in [2.75, 3.05) is 12.4 Å². The number of rotatable bonds is 6. The van der Waals surface area contributed by atoms with Gasteiger partial charge in [-0.1, -0.05) is 0 Å². The molecule has 8 nitrogen and oxygen atoms in total. The van der Waals surface area contributed by atoms with Crippen LogP contribution in [0.25, 0.3) is 0 Å². The maximum absolute atomic E-state index is 12.4. The second kappa shape index (κ2) is 7.50. The number of fused-ring (bicyclic) bond motifs is 1. The number of carboxylic acids is 1. The molecule has 2 N–H and O–H groups in total. The minimum atomic E-state index is -1.26. The molecule has 10 heteroatoms. The first kappa shape index (κ1) is 18.5. The van der Waals surface area contributed by atoms with Crippen LogP contribution in [0.3, 0.4) is 0 Å². The summed E-state index contributed by atoms with van der Waals surface area (Å²) in [5.41, 5.74) is 1.07. The molecule has 26 heavy (non-hydrogen) atoms. The van der Waals surface area contributed by atoms with Crippen molar-refractivity contribution in [2.24, 2.45) is 0 Å². The molecule has 0 spiro atoms. The molecule has 2 atom stereocenters. The van der Waals surface area contributed by atoms with E-state index >= 15 is 0 Å². The van der Waals surface area contributed by atoms with Gasteiger partial charge in [-0.25, -0.2) is 4.79 Å². The highest BCUT2D eigenvalue weighted by Gasteiger charge is 2.54. The lowest BCUT2D eigenvalue weighted by Crippen LogP contribution is -2.70. The minimum absolute atomic E-state index is 0.164. The van der Waals surface area contributed by atoms with Gasteiger partial charge in [-0.2, -0.15) is 11.3 Å². The van der Waals surface area contributed by atoms with E-state index in [4.69, 9.17) is 4.74 Å². The Morgan fingerprint density at radius 2 is 2.19 bits per heavy atom. The van der Waals surface area contributed by atoms with E-state index in [1.54, 1.807) is 0 Å². The lowest BCUT2D eigenvalue weighted by atomic mass is 10.0. The van der Waals surface area contributed by atoms with Gasteiger partial charge in [0.2, 0.25) is 5.91 Å². The number of β-lactam (4-membered cyclic amide) rings is 1. The summed E-state index contributed by atoms with van der Waals surface area (Å²) in [4.78, 5) is 48.3. The van der Waals surface area contributed by atoms with Gasteiger partial charge in [-0.15, -0.1) is 11.8 Å². The van der Waals surface area contributed by atoms with Crippen molar-refractivity contribution in [2.45, 2.75) is 24.8 Å². The molecule has 3 heterocycles. The summed E-state index contributed by atoms with van der Waals surface area (Å²) in [6, 6.07) is 1.08. The summed E-state index contributed by atoms with van der Waals surface area (Å²) in [6.07, 6.45) is 0.171. The van der Waals surface area contributed by atoms with E-state index < -0.39 is 29.3 Å². The highest BCUT2D eigenvalue weighted by molar-refractivity contribution is 8.00. The summed E-state index contributed by atoms with van der Waals surface area (Å²) in [5, 5.41) is 15.4. The number of ether oxygens (including phenoxy) is 1. The van der Waals surface area contributed by atoms with E-state index in [-0.39, 0.29) is 24.6 Å². The van der Waals surface area contributed by atoms with E-state index in [0.29, 0.717) is 11.3 Å². The van der Waals surface area contributed by atoms with Gasteiger partial charge in [0.15, 0.2) is 0 Å². The van der Waals surface area contributed by atoms with Crippen LogP contribution in [0.1, 0.15) is 12.5 Å². The Balaban J connectivity index is 1.69. The summed E-state index contributed by atoms with van der Waals surface area (Å²) < 4.78 is 4.87. The van der Waals surface area contributed by atoms with Crippen molar-refractivity contribution in [3.8, 4) is 0 Å². The second-order valence-corrected chi connectivity index (χ2v) is 7.69. The number of aliphatic carboxylic acids is 1. The Morgan fingerprint density at radius 3 is 2.81 bits per heavy atom. The molecule has 1 fully saturated rings. The molecule has 2 amide bonds. The van der Waals surface area contributed by atoms with Crippen LogP contribution >= 0.6 is 23.1 Å². The van der Waals surface area contributed by atoms with Crippen molar-refractivity contribution in [1.82, 2.24) is 10.2 Å². The zero-order valence-corrected chi connectivity index (χ0v) is 15.4. The average Bonchev–Trinajstić information content (AvgIpc) is 3.09. The van der Waals surface area contributed by atoms with E-state index in [1.165, 1.54) is 30.0 Å². The lowest BCUT2D eigenvalue weighted by molar-refractivity contribution is -0.151. The standard InChI is InChI=1S/C16H16N2O6S2/c1-8(19)24-5-10-7-26-15-12(14(21)18(15)13(10)16(22)23)17-11(20)4-9-2-3-25-6-9/h2-3,6,12,15H,4-5,7H2,1H3,(H,17,20)(H,22,23)/t12?,15-/m0/s1. The molecule has 0 aliphatic carbocycles. The summed E-state index contributed by atoms with van der Waals surface area (Å²) in [5.74, 6) is -2.23. The third-order valence-corrected chi connectivity index (χ3v) is 6.03. The number of thioether (sulfide) groups is 1. The first-order chi connectivity index (χ1) is 12.4. The molecule has 3 rings (SSSR count). The van der Waals surface area contributed by atoms with Crippen LogP contribution in [0.5, 0.6) is 0 Å². The SMILES string of the molecule is CC(=O)OCC1=C(C(=O)O)N2C(=O)C(NC(=O)Cc3ccsc3)[C@@H]2SC1. The topological polar surface area (TPSA) is 113 Å². The first-order valence-corrected chi connectivity index (χ1v) is 9.71. The normalized spacial score (nSPS) is 21.7. The summed E-state index contributed by atoms with van der Waals surface area (Å²) in [7, 11) is 0. The van der Waals surface area contributed by atoms with E-state index in [9.17, 15) is 24.3 Å². The van der Waals surface area contributed by atoms with Gasteiger partial charge in [-0.3, -0.25) is 19.3 Å². The molecule has 138 valence electrons. The van der Waals surface area contributed by atoms with Gasteiger partial charge in [0.05, 0.1) is 6.42 Å². The smallest absolute Gasteiger partial charge is 0.352 e. The number of carbonyl (C=O) groups is 4. The minimum Gasteiger partial charge on any atom is -0.477 e. The second-order valence-electron chi connectivity index (χ2n) is 5.80. The Labute approximate surface area is 157 Å². The van der Waals surface area contributed by atoms with E-state index in [2.05, 4.69) is 5.32 Å². The Bertz CT molecular complexity index is 789. The van der Waals surface area contributed by atoms with Gasteiger partial charge in [0.25, 0.3) is 5.91 Å². The molecule has 0 saturated carbocycles. The van der Waals surface area contributed by atoms with Crippen molar-refractivity contribution in [3.05, 3.63) is 33.7 Å². The third kappa shape index (κ3) is 3.61. The number of carbonyl (C=O) groups excluding carboxylic acids is 3. The lowest BCUT2D eigenvalue weighted by Gasteiger charge is -2.49. The number of esters is 1. The molecule has 1 aromatic heterocycles. The number of amides is 2. The molecule has 0 aromatic carbocycles. The van der Waals surface area contributed by atoms with Crippen LogP contribution in [-0.4, -0.2) is 57.5 Å². The molecule has 1 unspecified atom stereocenters. The molecule has 2 aliphatic heterocycles. The van der Waals surface area contributed by atoms with Crippen molar-refractivity contribution in [1.29, 1.82) is 0 Å². The third-order valence-electron chi connectivity index (χ3n) is 3.96. The molecule has 0 radical (unpaired) electrons. The maximum atomic E-state index is 12.4. The number of carboxylic acid groups (broad SMARTS) is 1. The number of nitrogens with zero attached hydrogens (tertiary/aromatic N) is 1. The van der Waals surface area contributed by atoms with Gasteiger partial charge in [-0.05, 0) is 22.4 Å². The highest BCUT2D eigenvalue weighted by Crippen LogP contribution is 2.40. The number of nitrogens with one attached hydrogen (secondary N) is 1. The van der Waals surface area contributed by atoms with Gasteiger partial charge in [0.1, 0.15) is 23.7 Å². The van der Waals surface area contributed by atoms with E-state index in [0.717, 1.165) is 10.5 Å². The number of hydrogen-bond acceptors (Lipinski definition) is 7. The fourth-order valence-electron chi connectivity index (χ4n) is 2.79. The van der Waals surface area contributed by atoms with Crippen LogP contribution in [0, 0.1) is 0 Å². The van der Waals surface area contributed by atoms with Gasteiger partial charge < -0.3 is 15.2 Å². The predicted octanol–water partition coefficient (Wildman–Crippen LogP) is 0.592. The van der Waals surface area contributed by atoms with Crippen LogP contribution in [-0.2, 0) is 30.3 Å². The zero-order valence-electron chi connectivity index (χ0n) is 13.8. The Morgan fingerprint density at radius 1 is 1.42 bits per heavy atom. The largest absolute Gasteiger partial charge is 0.477 e. The molecule has 0 bridgehead atoms. The van der Waals surface area contributed by atoms with Crippen LogP contribution in [0.2, 0.25) is 0 Å². The summed E-state index contributed by atoms with van der Waals surface area (Å²) >= 11 is 2.82. The Hall–Kier alpha value is -2.33. The predicted molar refractivity (Wildman–Crippen MR) is 94.3 cm³/mol. The van der Waals surface area contributed by atoms with E-state index in [1.807, 2.05) is 16.8 Å². The van der Waals surface area contributed by atoms with Crippen molar-refractivity contribution >= 4 is 46.9 Å².